The first-order valence-electron chi connectivity index (χ1n) is 8.06. The first-order chi connectivity index (χ1) is 13.9. The van der Waals surface area contributed by atoms with Crippen LogP contribution in [0.3, 0.4) is 0 Å². The van der Waals surface area contributed by atoms with Crippen molar-refractivity contribution in [2.45, 2.75) is 13.1 Å². The standard InChI is InChI=1S/C17H13ClF4N2O6/c1-2-29-8(3-15(26)27)7-30-12-5-11(10(19)4-9(12)18)24-14(25)6-13(17(20,21)22)23-16(24)28/h3-6H,2,7H2,1H3,(H,23,28)(H,26,27)/b8-3+. The zero-order valence-corrected chi connectivity index (χ0v) is 15.8. The van der Waals surface area contributed by atoms with Crippen LogP contribution in [-0.2, 0) is 15.7 Å². The molecule has 0 aliphatic carbocycles. The lowest BCUT2D eigenvalue weighted by Gasteiger charge is -2.14. The Kier molecular flexibility index (Phi) is 6.92. The summed E-state index contributed by atoms with van der Waals surface area (Å²) in [5.41, 5.74) is -5.31. The summed E-state index contributed by atoms with van der Waals surface area (Å²) in [5, 5.41) is 8.48. The van der Waals surface area contributed by atoms with Crippen LogP contribution in [0.1, 0.15) is 12.6 Å². The maximum atomic E-state index is 14.3. The van der Waals surface area contributed by atoms with Gasteiger partial charge in [-0.15, -0.1) is 0 Å². The Morgan fingerprint density at radius 2 is 1.97 bits per heavy atom. The molecule has 1 heterocycles. The van der Waals surface area contributed by atoms with Crippen molar-refractivity contribution in [1.82, 2.24) is 9.55 Å². The number of H-pyrrole nitrogens is 1. The first-order valence-corrected chi connectivity index (χ1v) is 8.44. The third-order valence-corrected chi connectivity index (χ3v) is 3.76. The van der Waals surface area contributed by atoms with Gasteiger partial charge in [-0.3, -0.25) is 4.79 Å². The Hall–Kier alpha value is -3.28. The predicted octanol–water partition coefficient (Wildman–Crippen LogP) is 2.72. The van der Waals surface area contributed by atoms with Gasteiger partial charge in [0.15, 0.2) is 0 Å². The predicted molar refractivity (Wildman–Crippen MR) is 95.5 cm³/mol. The highest BCUT2D eigenvalue weighted by Gasteiger charge is 2.33. The number of hydrogen-bond donors (Lipinski definition) is 2. The lowest BCUT2D eigenvalue weighted by atomic mass is 10.2. The second-order valence-electron chi connectivity index (χ2n) is 5.56. The zero-order valence-electron chi connectivity index (χ0n) is 15.0. The van der Waals surface area contributed by atoms with Crippen LogP contribution < -0.4 is 16.0 Å². The third kappa shape index (κ3) is 5.41. The maximum absolute atomic E-state index is 14.3. The van der Waals surface area contributed by atoms with Crippen molar-refractivity contribution < 1.29 is 36.9 Å². The molecule has 2 N–H and O–H groups in total. The van der Waals surface area contributed by atoms with Gasteiger partial charge < -0.3 is 19.6 Å². The van der Waals surface area contributed by atoms with Gasteiger partial charge in [-0.25, -0.2) is 18.5 Å². The number of carboxylic acid groups (broad SMARTS) is 1. The van der Waals surface area contributed by atoms with Crippen LogP contribution in [-0.4, -0.2) is 33.8 Å². The molecule has 0 aliphatic heterocycles. The number of benzene rings is 1. The highest BCUT2D eigenvalue weighted by Crippen LogP contribution is 2.30. The molecular weight excluding hydrogens is 440 g/mol. The Morgan fingerprint density at radius 3 is 2.50 bits per heavy atom. The van der Waals surface area contributed by atoms with Crippen molar-refractivity contribution in [3.63, 3.8) is 0 Å². The number of nitrogens with one attached hydrogen (secondary N) is 1. The molecule has 0 radical (unpaired) electrons. The fraction of sp³-hybridized carbons (Fsp3) is 0.235. The van der Waals surface area contributed by atoms with Crippen LogP contribution in [0, 0.1) is 5.82 Å². The van der Waals surface area contributed by atoms with Gasteiger partial charge in [-0.1, -0.05) is 11.6 Å². The van der Waals surface area contributed by atoms with Crippen LogP contribution in [0.15, 0.2) is 39.6 Å². The molecular formula is C17H13ClF4N2O6. The zero-order chi connectivity index (χ0) is 22.6. The average Bonchev–Trinajstić information content (AvgIpc) is 2.60. The molecule has 0 fully saturated rings. The van der Waals surface area contributed by atoms with Crippen LogP contribution in [0.5, 0.6) is 5.75 Å². The number of carbonyl (C=O) groups is 1. The van der Waals surface area contributed by atoms with Gasteiger partial charge in [0.1, 0.15) is 29.6 Å². The Morgan fingerprint density at radius 1 is 1.30 bits per heavy atom. The van der Waals surface area contributed by atoms with Gasteiger partial charge in [-0.2, -0.15) is 13.2 Å². The SMILES string of the molecule is CCO/C(=C/C(=O)O)COc1cc(-n2c(=O)cc(C(F)(F)F)[nH]c2=O)c(F)cc1Cl. The molecule has 0 atom stereocenters. The van der Waals surface area contributed by atoms with E-state index in [2.05, 4.69) is 0 Å². The van der Waals surface area contributed by atoms with E-state index < -0.39 is 47.2 Å². The molecule has 0 aliphatic rings. The number of halogens is 5. The quantitative estimate of drug-likeness (QED) is 0.380. The van der Waals surface area contributed by atoms with Crippen molar-refractivity contribution >= 4 is 17.6 Å². The normalized spacial score (nSPS) is 12.0. The summed E-state index contributed by atoms with van der Waals surface area (Å²) in [6.45, 7) is 1.24. The monoisotopic (exact) mass is 452 g/mol. The van der Waals surface area contributed by atoms with Crippen LogP contribution in [0.2, 0.25) is 5.02 Å². The summed E-state index contributed by atoms with van der Waals surface area (Å²) in [7, 11) is 0. The molecule has 8 nitrogen and oxygen atoms in total. The van der Waals surface area contributed by atoms with Crippen LogP contribution in [0.4, 0.5) is 17.6 Å². The number of nitrogens with zero attached hydrogens (tertiary/aromatic N) is 1. The van der Waals surface area contributed by atoms with Crippen molar-refractivity contribution in [2.24, 2.45) is 0 Å². The molecule has 0 bridgehead atoms. The lowest BCUT2D eigenvalue weighted by molar-refractivity contribution is -0.141. The fourth-order valence-electron chi connectivity index (χ4n) is 2.27. The number of alkyl halides is 3. The molecule has 0 unspecified atom stereocenters. The number of ether oxygens (including phenoxy) is 2. The first kappa shape index (κ1) is 23.0. The smallest absolute Gasteiger partial charge is 0.431 e. The minimum atomic E-state index is -4.99. The minimum absolute atomic E-state index is 0.0960. The van der Waals surface area contributed by atoms with E-state index in [0.29, 0.717) is 12.1 Å². The highest BCUT2D eigenvalue weighted by atomic mass is 35.5. The number of aromatic amines is 1. The van der Waals surface area contributed by atoms with Crippen molar-refractivity contribution in [2.75, 3.05) is 13.2 Å². The van der Waals surface area contributed by atoms with E-state index in [4.69, 9.17) is 26.2 Å². The number of rotatable bonds is 7. The summed E-state index contributed by atoms with van der Waals surface area (Å²) in [4.78, 5) is 36.3. The summed E-state index contributed by atoms with van der Waals surface area (Å²) < 4.78 is 62.9. The largest absolute Gasteiger partial charge is 0.494 e. The lowest BCUT2D eigenvalue weighted by Crippen LogP contribution is -2.36. The number of carboxylic acids is 1. The summed E-state index contributed by atoms with van der Waals surface area (Å²) in [6.07, 6.45) is -4.27. The van der Waals surface area contributed by atoms with E-state index in [1.165, 1.54) is 4.98 Å². The average molecular weight is 453 g/mol. The maximum Gasteiger partial charge on any atom is 0.431 e. The number of aliphatic carboxylic acids is 1. The number of aromatic nitrogens is 2. The fourth-order valence-corrected chi connectivity index (χ4v) is 2.48. The molecule has 0 saturated heterocycles. The molecule has 0 saturated carbocycles. The summed E-state index contributed by atoms with van der Waals surface area (Å²) in [6, 6.07) is 1.59. The molecule has 30 heavy (non-hydrogen) atoms. The molecule has 0 amide bonds. The Bertz CT molecular complexity index is 1080. The van der Waals surface area contributed by atoms with Gasteiger partial charge in [0.25, 0.3) is 5.56 Å². The van der Waals surface area contributed by atoms with E-state index in [9.17, 15) is 31.9 Å². The van der Waals surface area contributed by atoms with Gasteiger partial charge in [0.2, 0.25) is 0 Å². The van der Waals surface area contributed by atoms with Crippen LogP contribution in [0.25, 0.3) is 5.69 Å². The summed E-state index contributed by atoms with van der Waals surface area (Å²) in [5.74, 6) is -2.91. The van der Waals surface area contributed by atoms with Gasteiger partial charge in [0, 0.05) is 12.1 Å². The Balaban J connectivity index is 2.49. The van der Waals surface area contributed by atoms with E-state index in [0.717, 1.165) is 6.07 Å². The van der Waals surface area contributed by atoms with E-state index in [1.54, 1.807) is 6.92 Å². The number of hydrogen-bond acceptors (Lipinski definition) is 5. The van der Waals surface area contributed by atoms with E-state index in [-0.39, 0.29) is 33.8 Å². The highest BCUT2D eigenvalue weighted by molar-refractivity contribution is 6.32. The molecule has 1 aromatic carbocycles. The summed E-state index contributed by atoms with van der Waals surface area (Å²) >= 11 is 5.86. The molecule has 162 valence electrons. The topological polar surface area (TPSA) is 111 Å². The Labute approximate surface area is 169 Å². The van der Waals surface area contributed by atoms with Gasteiger partial charge in [-0.05, 0) is 13.0 Å². The van der Waals surface area contributed by atoms with Crippen molar-refractivity contribution in [3.05, 3.63) is 67.4 Å². The molecule has 2 rings (SSSR count). The van der Waals surface area contributed by atoms with Crippen LogP contribution >= 0.6 is 11.6 Å². The van der Waals surface area contributed by atoms with E-state index >= 15 is 0 Å². The second-order valence-corrected chi connectivity index (χ2v) is 5.97. The molecule has 13 heteroatoms. The third-order valence-electron chi connectivity index (χ3n) is 3.46. The van der Waals surface area contributed by atoms with Gasteiger partial charge >= 0.3 is 17.8 Å². The molecule has 2 aromatic rings. The van der Waals surface area contributed by atoms with E-state index in [1.807, 2.05) is 0 Å². The van der Waals surface area contributed by atoms with Gasteiger partial charge in [0.05, 0.1) is 23.4 Å². The second kappa shape index (κ2) is 9.03. The molecule has 1 aromatic heterocycles. The minimum Gasteiger partial charge on any atom is -0.494 e. The van der Waals surface area contributed by atoms with Crippen molar-refractivity contribution in [3.8, 4) is 11.4 Å². The van der Waals surface area contributed by atoms with Crippen molar-refractivity contribution in [1.29, 1.82) is 0 Å². The molecule has 0 spiro atoms.